The predicted molar refractivity (Wildman–Crippen MR) is 71.2 cm³/mol. The normalized spacial score (nSPS) is 28.3. The Bertz CT molecular complexity index is 418. The van der Waals surface area contributed by atoms with Crippen molar-refractivity contribution in [1.82, 2.24) is 4.90 Å². The second kappa shape index (κ2) is 5.11. The topological polar surface area (TPSA) is 29.5 Å². The van der Waals surface area contributed by atoms with E-state index in [1.807, 2.05) is 25.1 Å². The average molecular weight is 247 g/mol. The van der Waals surface area contributed by atoms with Crippen molar-refractivity contribution in [3.05, 3.63) is 35.9 Å². The minimum atomic E-state index is -0.483. The molecule has 1 aliphatic heterocycles. The zero-order valence-electron chi connectivity index (χ0n) is 11.3. The summed E-state index contributed by atoms with van der Waals surface area (Å²) in [6, 6.07) is 10.1. The molecule has 3 heteroatoms. The number of nitrogens with zero attached hydrogens (tertiary/aromatic N) is 1. The van der Waals surface area contributed by atoms with Gasteiger partial charge in [0.1, 0.15) is 0 Å². The van der Waals surface area contributed by atoms with Gasteiger partial charge in [-0.1, -0.05) is 44.2 Å². The molecule has 18 heavy (non-hydrogen) atoms. The Kier molecular flexibility index (Phi) is 3.71. The van der Waals surface area contributed by atoms with Crippen LogP contribution in [0.1, 0.15) is 25.8 Å². The number of carbonyl (C=O) groups is 1. The average Bonchev–Trinajstić information content (AvgIpc) is 2.66. The molecule has 1 aromatic carbocycles. The SMILES string of the molecule is CCC(=O)OC1(c2ccccc2)CN(C)CC1C. The maximum Gasteiger partial charge on any atom is 0.306 e. The Morgan fingerprint density at radius 1 is 1.44 bits per heavy atom. The van der Waals surface area contributed by atoms with Crippen molar-refractivity contribution in [2.24, 2.45) is 5.92 Å². The van der Waals surface area contributed by atoms with Gasteiger partial charge >= 0.3 is 5.97 Å². The lowest BCUT2D eigenvalue weighted by Crippen LogP contribution is -2.39. The molecule has 0 N–H and O–H groups in total. The van der Waals surface area contributed by atoms with E-state index in [0.29, 0.717) is 12.3 Å². The molecule has 1 fully saturated rings. The van der Waals surface area contributed by atoms with Gasteiger partial charge in [0.2, 0.25) is 0 Å². The molecule has 1 aromatic rings. The van der Waals surface area contributed by atoms with Crippen molar-refractivity contribution in [2.75, 3.05) is 20.1 Å². The van der Waals surface area contributed by atoms with E-state index in [9.17, 15) is 4.79 Å². The van der Waals surface area contributed by atoms with Crippen LogP contribution in [0.2, 0.25) is 0 Å². The summed E-state index contributed by atoms with van der Waals surface area (Å²) in [5, 5.41) is 0. The predicted octanol–water partition coefficient (Wildman–Crippen LogP) is 2.42. The fraction of sp³-hybridized carbons (Fsp3) is 0.533. The smallest absolute Gasteiger partial charge is 0.306 e. The monoisotopic (exact) mass is 247 g/mol. The van der Waals surface area contributed by atoms with E-state index in [1.54, 1.807) is 0 Å². The van der Waals surface area contributed by atoms with Crippen molar-refractivity contribution in [3.63, 3.8) is 0 Å². The first-order valence-electron chi connectivity index (χ1n) is 6.54. The number of rotatable bonds is 3. The number of benzene rings is 1. The molecule has 0 aliphatic carbocycles. The Hall–Kier alpha value is -1.35. The Morgan fingerprint density at radius 3 is 2.61 bits per heavy atom. The van der Waals surface area contributed by atoms with Gasteiger partial charge in [0.25, 0.3) is 0 Å². The van der Waals surface area contributed by atoms with Crippen LogP contribution >= 0.6 is 0 Å². The Balaban J connectivity index is 2.37. The molecule has 1 saturated heterocycles. The minimum absolute atomic E-state index is 0.124. The van der Waals surface area contributed by atoms with Gasteiger partial charge in [0, 0.05) is 25.4 Å². The van der Waals surface area contributed by atoms with Crippen LogP contribution in [-0.4, -0.2) is 31.0 Å². The van der Waals surface area contributed by atoms with Gasteiger partial charge < -0.3 is 9.64 Å². The minimum Gasteiger partial charge on any atom is -0.452 e. The van der Waals surface area contributed by atoms with Crippen molar-refractivity contribution in [1.29, 1.82) is 0 Å². The number of hydrogen-bond acceptors (Lipinski definition) is 3. The van der Waals surface area contributed by atoms with E-state index < -0.39 is 5.60 Å². The maximum absolute atomic E-state index is 11.8. The molecule has 1 aliphatic rings. The summed E-state index contributed by atoms with van der Waals surface area (Å²) in [4.78, 5) is 14.0. The first-order valence-corrected chi connectivity index (χ1v) is 6.54. The van der Waals surface area contributed by atoms with Crippen LogP contribution < -0.4 is 0 Å². The van der Waals surface area contributed by atoms with Crippen LogP contribution in [0, 0.1) is 5.92 Å². The number of likely N-dealkylation sites (N-methyl/N-ethyl adjacent to an activating group) is 1. The van der Waals surface area contributed by atoms with E-state index in [0.717, 1.165) is 18.7 Å². The van der Waals surface area contributed by atoms with Gasteiger partial charge in [-0.3, -0.25) is 4.79 Å². The molecule has 0 amide bonds. The van der Waals surface area contributed by atoms with Crippen LogP contribution in [-0.2, 0) is 15.1 Å². The molecule has 3 nitrogen and oxygen atoms in total. The molecule has 1 heterocycles. The van der Waals surface area contributed by atoms with Crippen LogP contribution in [0.15, 0.2) is 30.3 Å². The molecule has 0 aromatic heterocycles. The van der Waals surface area contributed by atoms with E-state index >= 15 is 0 Å². The first-order chi connectivity index (χ1) is 8.58. The number of carbonyl (C=O) groups excluding carboxylic acids is 1. The third-order valence-electron chi connectivity index (χ3n) is 3.73. The zero-order valence-corrected chi connectivity index (χ0v) is 11.3. The zero-order chi connectivity index (χ0) is 13.2. The van der Waals surface area contributed by atoms with Crippen molar-refractivity contribution < 1.29 is 9.53 Å². The summed E-state index contributed by atoms with van der Waals surface area (Å²) in [6.45, 7) is 5.71. The fourth-order valence-corrected chi connectivity index (χ4v) is 2.80. The highest BCUT2D eigenvalue weighted by atomic mass is 16.6. The van der Waals surface area contributed by atoms with Crippen LogP contribution in [0.5, 0.6) is 0 Å². The summed E-state index contributed by atoms with van der Waals surface area (Å²) in [7, 11) is 2.07. The van der Waals surface area contributed by atoms with Gasteiger partial charge in [-0.2, -0.15) is 0 Å². The highest BCUT2D eigenvalue weighted by Crippen LogP contribution is 2.40. The molecule has 2 rings (SSSR count). The summed E-state index contributed by atoms with van der Waals surface area (Å²) in [5.74, 6) is 0.182. The van der Waals surface area contributed by atoms with E-state index in [2.05, 4.69) is 31.0 Å². The molecule has 0 radical (unpaired) electrons. The van der Waals surface area contributed by atoms with Gasteiger partial charge in [-0.15, -0.1) is 0 Å². The summed E-state index contributed by atoms with van der Waals surface area (Å²) >= 11 is 0. The lowest BCUT2D eigenvalue weighted by Gasteiger charge is -2.33. The van der Waals surface area contributed by atoms with Gasteiger partial charge in [0.15, 0.2) is 5.60 Å². The second-order valence-electron chi connectivity index (χ2n) is 5.18. The van der Waals surface area contributed by atoms with Crippen molar-refractivity contribution in [3.8, 4) is 0 Å². The highest BCUT2D eigenvalue weighted by Gasteiger charge is 2.47. The molecule has 0 bridgehead atoms. The third kappa shape index (κ3) is 2.27. The van der Waals surface area contributed by atoms with Gasteiger partial charge in [0.05, 0.1) is 0 Å². The molecule has 98 valence electrons. The summed E-state index contributed by atoms with van der Waals surface area (Å²) in [5.41, 5.74) is 0.618. The summed E-state index contributed by atoms with van der Waals surface area (Å²) in [6.07, 6.45) is 0.422. The standard InChI is InChI=1S/C15H21NO2/c1-4-14(17)18-15(11-16(3)10-12(15)2)13-8-6-5-7-9-13/h5-9,12H,4,10-11H2,1-3H3. The lowest BCUT2D eigenvalue weighted by molar-refractivity contribution is -0.163. The van der Waals surface area contributed by atoms with E-state index in [-0.39, 0.29) is 5.97 Å². The van der Waals surface area contributed by atoms with Gasteiger partial charge in [-0.25, -0.2) is 0 Å². The Labute approximate surface area is 109 Å². The largest absolute Gasteiger partial charge is 0.452 e. The van der Waals surface area contributed by atoms with Crippen molar-refractivity contribution in [2.45, 2.75) is 25.9 Å². The molecule has 0 saturated carbocycles. The van der Waals surface area contributed by atoms with E-state index in [4.69, 9.17) is 4.74 Å². The van der Waals surface area contributed by atoms with Crippen LogP contribution in [0.4, 0.5) is 0 Å². The number of esters is 1. The lowest BCUT2D eigenvalue weighted by atomic mass is 9.85. The highest BCUT2D eigenvalue weighted by molar-refractivity contribution is 5.69. The molecular weight excluding hydrogens is 226 g/mol. The summed E-state index contributed by atoms with van der Waals surface area (Å²) < 4.78 is 5.84. The Morgan fingerprint density at radius 2 is 2.11 bits per heavy atom. The fourth-order valence-electron chi connectivity index (χ4n) is 2.80. The third-order valence-corrected chi connectivity index (χ3v) is 3.73. The molecule has 2 atom stereocenters. The van der Waals surface area contributed by atoms with Crippen LogP contribution in [0.25, 0.3) is 0 Å². The van der Waals surface area contributed by atoms with E-state index in [1.165, 1.54) is 0 Å². The molecule has 0 spiro atoms. The number of likely N-dealkylation sites (tertiary alicyclic amines) is 1. The first kappa shape index (κ1) is 13.1. The van der Waals surface area contributed by atoms with Crippen LogP contribution in [0.3, 0.4) is 0 Å². The van der Waals surface area contributed by atoms with Gasteiger partial charge in [-0.05, 0) is 12.6 Å². The number of ether oxygens (including phenoxy) is 1. The molecular formula is C15H21NO2. The van der Waals surface area contributed by atoms with Crippen molar-refractivity contribution >= 4 is 5.97 Å². The molecule has 2 unspecified atom stereocenters. The maximum atomic E-state index is 11.8. The number of hydrogen-bond donors (Lipinski definition) is 0. The quantitative estimate of drug-likeness (QED) is 0.768. The second-order valence-corrected chi connectivity index (χ2v) is 5.18.